The monoisotopic (exact) mass is 864 g/mol. The highest BCUT2D eigenvalue weighted by atomic mass is 19.4. The highest BCUT2D eigenvalue weighted by molar-refractivity contribution is 6.13. The van der Waals surface area contributed by atoms with Gasteiger partial charge in [-0.15, -0.1) is 0 Å². The van der Waals surface area contributed by atoms with E-state index in [1.807, 2.05) is 116 Å². The average Bonchev–Trinajstić information content (AvgIpc) is 3.79. The molecule has 0 fully saturated rings. The number of aryl methyl sites for hydroxylation is 3. The molecule has 0 aliphatic rings. The maximum absolute atomic E-state index is 14.0. The third kappa shape index (κ3) is 6.95. The van der Waals surface area contributed by atoms with Gasteiger partial charge in [-0.2, -0.15) is 36.9 Å². The lowest BCUT2D eigenvalue weighted by Crippen LogP contribution is -2.06. The number of alkyl halides is 6. The topological polar surface area (TPSA) is 57.4 Å². The Morgan fingerprint density at radius 1 is 0.415 bits per heavy atom. The van der Waals surface area contributed by atoms with Gasteiger partial charge in [0.2, 0.25) is 0 Å². The second kappa shape index (κ2) is 15.0. The van der Waals surface area contributed by atoms with Gasteiger partial charge in [-0.05, 0) is 150 Å². The first-order chi connectivity index (χ1) is 31.1. The van der Waals surface area contributed by atoms with Crippen LogP contribution in [0.2, 0.25) is 0 Å². The number of hydrogen-bond acceptors (Lipinski definition) is 2. The van der Waals surface area contributed by atoms with Crippen molar-refractivity contribution in [3.8, 4) is 56.9 Å². The third-order valence-corrected chi connectivity index (χ3v) is 12.2. The Morgan fingerprint density at radius 3 is 1.29 bits per heavy atom. The highest BCUT2D eigenvalue weighted by Gasteiger charge is 2.32. The van der Waals surface area contributed by atoms with Crippen LogP contribution >= 0.6 is 0 Å². The van der Waals surface area contributed by atoms with Crippen LogP contribution < -0.4 is 0 Å². The van der Waals surface area contributed by atoms with Gasteiger partial charge in [-0.25, -0.2) is 0 Å². The summed E-state index contributed by atoms with van der Waals surface area (Å²) in [7, 11) is 0. The van der Waals surface area contributed by atoms with Gasteiger partial charge in [-0.1, -0.05) is 66.7 Å². The fourth-order valence-corrected chi connectivity index (χ4v) is 9.37. The molecule has 316 valence electrons. The SMILES string of the molecule is Cc1cc(-c2ccc3c(c2)c2ccccc2n3-c2cc(C#N)cc(-n3c4ccccc4c4cc(-c5cc(C)cc(C(F)(F)F)c5)ccc43)c2-c2ccc(C#N)cc2C)cc(C(F)(F)F)c1. The number of hydrogen-bond donors (Lipinski definition) is 0. The zero-order chi connectivity index (χ0) is 45.5. The maximum Gasteiger partial charge on any atom is 0.416 e. The molecule has 10 aromatic rings. The van der Waals surface area contributed by atoms with E-state index in [0.717, 1.165) is 84.6 Å². The summed E-state index contributed by atoms with van der Waals surface area (Å²) in [6.45, 7) is 5.21. The summed E-state index contributed by atoms with van der Waals surface area (Å²) in [4.78, 5) is 0. The van der Waals surface area contributed by atoms with E-state index >= 15 is 0 Å². The van der Waals surface area contributed by atoms with Gasteiger partial charge >= 0.3 is 12.4 Å². The minimum absolute atomic E-state index is 0.342. The molecule has 2 heterocycles. The molecule has 2 aromatic heterocycles. The van der Waals surface area contributed by atoms with Gasteiger partial charge in [0.05, 0.1) is 67.8 Å². The quantitative estimate of drug-likeness (QED) is 0.162. The first-order valence-corrected chi connectivity index (χ1v) is 20.7. The average molecular weight is 865 g/mol. The number of aromatic nitrogens is 2. The van der Waals surface area contributed by atoms with E-state index in [0.29, 0.717) is 55.9 Å². The molecule has 65 heavy (non-hydrogen) atoms. The molecule has 0 spiro atoms. The molecule has 4 nitrogen and oxygen atoms in total. The Hall–Kier alpha value is -8.08. The van der Waals surface area contributed by atoms with Crippen LogP contribution in [0.5, 0.6) is 0 Å². The minimum atomic E-state index is -4.52. The van der Waals surface area contributed by atoms with E-state index in [9.17, 15) is 36.9 Å². The van der Waals surface area contributed by atoms with Gasteiger partial charge in [-0.3, -0.25) is 0 Å². The van der Waals surface area contributed by atoms with Crippen molar-refractivity contribution in [3.63, 3.8) is 0 Å². The fraction of sp³-hybridized carbons (Fsp3) is 0.0909. The number of rotatable bonds is 5. The van der Waals surface area contributed by atoms with Crippen LogP contribution in [0.25, 0.3) is 88.4 Å². The van der Waals surface area contributed by atoms with Crippen molar-refractivity contribution in [3.05, 3.63) is 191 Å². The van der Waals surface area contributed by atoms with E-state index in [4.69, 9.17) is 0 Å². The van der Waals surface area contributed by atoms with Crippen LogP contribution in [-0.4, -0.2) is 9.13 Å². The Bertz CT molecular complexity index is 3500. The number of benzene rings is 8. The lowest BCUT2D eigenvalue weighted by atomic mass is 9.93. The second-order valence-electron chi connectivity index (χ2n) is 16.5. The lowest BCUT2D eigenvalue weighted by Gasteiger charge is -2.22. The second-order valence-corrected chi connectivity index (χ2v) is 16.5. The zero-order valence-electron chi connectivity index (χ0n) is 35.0. The summed E-state index contributed by atoms with van der Waals surface area (Å²) in [6, 6.07) is 48.5. The summed E-state index contributed by atoms with van der Waals surface area (Å²) in [5.74, 6) is 0. The van der Waals surface area contributed by atoms with E-state index in [2.05, 4.69) is 21.3 Å². The van der Waals surface area contributed by atoms with Crippen LogP contribution in [0.4, 0.5) is 26.3 Å². The third-order valence-electron chi connectivity index (χ3n) is 12.2. The van der Waals surface area contributed by atoms with Crippen LogP contribution in [-0.2, 0) is 12.4 Å². The Labute approximate surface area is 369 Å². The van der Waals surface area contributed by atoms with Crippen molar-refractivity contribution in [1.82, 2.24) is 9.13 Å². The molecular formula is C55H34F6N4. The molecule has 0 aliphatic carbocycles. The van der Waals surface area contributed by atoms with Crippen LogP contribution in [0, 0.1) is 43.4 Å². The maximum atomic E-state index is 14.0. The van der Waals surface area contributed by atoms with Gasteiger partial charge in [0.15, 0.2) is 0 Å². The van der Waals surface area contributed by atoms with Crippen molar-refractivity contribution in [2.75, 3.05) is 0 Å². The molecule has 0 aliphatic heterocycles. The Balaban J connectivity index is 1.29. The first-order valence-electron chi connectivity index (χ1n) is 20.7. The molecule has 0 saturated heterocycles. The summed E-state index contributed by atoms with van der Waals surface area (Å²) >= 11 is 0. The molecule has 0 saturated carbocycles. The molecule has 0 bridgehead atoms. The highest BCUT2D eigenvalue weighted by Crippen LogP contribution is 2.45. The number of nitriles is 2. The Kier molecular flexibility index (Phi) is 9.47. The minimum Gasteiger partial charge on any atom is -0.308 e. The molecule has 0 unspecified atom stereocenters. The molecule has 8 aromatic carbocycles. The van der Waals surface area contributed by atoms with Crippen LogP contribution in [0.1, 0.15) is 38.9 Å². The molecule has 10 rings (SSSR count). The fourth-order valence-electron chi connectivity index (χ4n) is 9.37. The Morgan fingerprint density at radius 2 is 0.862 bits per heavy atom. The molecular weight excluding hydrogens is 831 g/mol. The summed E-state index contributed by atoms with van der Waals surface area (Å²) < 4.78 is 88.2. The molecule has 0 N–H and O–H groups in total. The predicted molar refractivity (Wildman–Crippen MR) is 245 cm³/mol. The van der Waals surface area contributed by atoms with Crippen molar-refractivity contribution in [1.29, 1.82) is 10.5 Å². The van der Waals surface area contributed by atoms with Gasteiger partial charge in [0.1, 0.15) is 0 Å². The largest absolute Gasteiger partial charge is 0.416 e. The van der Waals surface area contributed by atoms with E-state index in [1.54, 1.807) is 32.0 Å². The predicted octanol–water partition coefficient (Wildman–Crippen LogP) is 15.6. The normalized spacial score (nSPS) is 12.0. The summed E-state index contributed by atoms with van der Waals surface area (Å²) in [5.41, 5.74) is 9.02. The smallest absolute Gasteiger partial charge is 0.308 e. The first kappa shape index (κ1) is 41.0. The number of halogens is 6. The molecule has 0 atom stereocenters. The number of nitrogens with zero attached hydrogens (tertiary/aromatic N) is 4. The van der Waals surface area contributed by atoms with E-state index < -0.39 is 23.5 Å². The number of para-hydroxylation sites is 2. The van der Waals surface area contributed by atoms with Gasteiger partial charge in [0.25, 0.3) is 0 Å². The zero-order valence-corrected chi connectivity index (χ0v) is 35.0. The molecule has 10 heteroatoms. The molecule has 0 radical (unpaired) electrons. The number of fused-ring (bicyclic) bond motifs is 6. The van der Waals surface area contributed by atoms with Crippen molar-refractivity contribution < 1.29 is 26.3 Å². The van der Waals surface area contributed by atoms with Crippen LogP contribution in [0.3, 0.4) is 0 Å². The van der Waals surface area contributed by atoms with E-state index in [1.165, 1.54) is 0 Å². The standard InChI is InChI=1S/C55H34F6N4/c1-31-18-38(25-40(20-31)54(56,57)58)36-13-16-49-45(27-36)43-8-4-6-10-47(43)64(49)51-23-35(30-63)24-52(53(51)42-15-12-34(29-62)22-33(42)3)65-48-11-7-5-9-44(48)46-28-37(14-17-50(46)65)39-19-32(2)21-41(26-39)55(59,60)61/h4-28H,1-3H3. The molecule has 0 amide bonds. The van der Waals surface area contributed by atoms with E-state index in [-0.39, 0.29) is 0 Å². The summed E-state index contributed by atoms with van der Waals surface area (Å²) in [6.07, 6.45) is -9.05. The summed E-state index contributed by atoms with van der Waals surface area (Å²) in [5, 5.41) is 24.0. The van der Waals surface area contributed by atoms with Crippen molar-refractivity contribution in [2.45, 2.75) is 33.1 Å². The van der Waals surface area contributed by atoms with Gasteiger partial charge in [0, 0.05) is 27.1 Å². The lowest BCUT2D eigenvalue weighted by molar-refractivity contribution is -0.138. The van der Waals surface area contributed by atoms with Crippen molar-refractivity contribution in [2.24, 2.45) is 0 Å². The van der Waals surface area contributed by atoms with Crippen molar-refractivity contribution >= 4 is 43.6 Å². The van der Waals surface area contributed by atoms with Crippen LogP contribution in [0.15, 0.2) is 152 Å². The van der Waals surface area contributed by atoms with Gasteiger partial charge < -0.3 is 9.13 Å².